The second-order valence-corrected chi connectivity index (χ2v) is 6.51. The number of aromatic amines is 1. The Bertz CT molecular complexity index is 1160. The molecule has 0 bridgehead atoms. The van der Waals surface area contributed by atoms with Crippen molar-refractivity contribution in [3.8, 4) is 5.75 Å². The van der Waals surface area contributed by atoms with Gasteiger partial charge in [0, 0.05) is 25.8 Å². The molecule has 0 unspecified atom stereocenters. The number of rotatable bonds is 6. The summed E-state index contributed by atoms with van der Waals surface area (Å²) in [6, 6.07) is 10.2. The maximum Gasteiger partial charge on any atom is 0.316 e. The van der Waals surface area contributed by atoms with Gasteiger partial charge in [0.1, 0.15) is 0 Å². The van der Waals surface area contributed by atoms with Crippen molar-refractivity contribution in [2.75, 3.05) is 14.2 Å². The van der Waals surface area contributed by atoms with Gasteiger partial charge in [0.2, 0.25) is 0 Å². The lowest BCUT2D eigenvalue weighted by Gasteiger charge is -2.22. The van der Waals surface area contributed by atoms with E-state index in [0.717, 1.165) is 11.1 Å². The Hall–Kier alpha value is -3.35. The summed E-state index contributed by atoms with van der Waals surface area (Å²) in [5.41, 5.74) is 2.27. The highest BCUT2D eigenvalue weighted by atomic mass is 19.1. The summed E-state index contributed by atoms with van der Waals surface area (Å²) in [5, 5.41) is 0. The summed E-state index contributed by atoms with van der Waals surface area (Å²) >= 11 is 0. The molecule has 7 heteroatoms. The summed E-state index contributed by atoms with van der Waals surface area (Å²) in [6.45, 7) is 6.78. The van der Waals surface area contributed by atoms with Gasteiger partial charge in [0.25, 0.3) is 0 Å². The fraction of sp³-hybridized carbons (Fsp3) is 0.238. The third kappa shape index (κ3) is 3.55. The molecule has 6 nitrogen and oxygen atoms in total. The maximum atomic E-state index is 13.9. The summed E-state index contributed by atoms with van der Waals surface area (Å²) in [7, 11) is 3.28. The van der Waals surface area contributed by atoms with Crippen LogP contribution in [-0.4, -0.2) is 28.6 Å². The van der Waals surface area contributed by atoms with Gasteiger partial charge < -0.3 is 19.2 Å². The molecule has 0 fully saturated rings. The van der Waals surface area contributed by atoms with Crippen molar-refractivity contribution in [3.63, 3.8) is 0 Å². The Morgan fingerprint density at radius 3 is 2.64 bits per heavy atom. The molecule has 0 aliphatic heterocycles. The van der Waals surface area contributed by atoms with Gasteiger partial charge in [-0.25, -0.2) is 4.39 Å². The van der Waals surface area contributed by atoms with Crippen LogP contribution >= 0.6 is 0 Å². The van der Waals surface area contributed by atoms with Crippen LogP contribution in [0.1, 0.15) is 18.1 Å². The molecule has 1 heterocycles. The Kier molecular flexibility index (Phi) is 5.35. The highest BCUT2D eigenvalue weighted by Gasteiger charge is 2.12. The number of aromatic nitrogens is 2. The average Bonchev–Trinajstić information content (AvgIpc) is 2.68. The second kappa shape index (κ2) is 7.72. The zero-order valence-electron chi connectivity index (χ0n) is 16.1. The lowest BCUT2D eigenvalue weighted by atomic mass is 10.1. The number of hydrogen-bond donors (Lipinski definition) is 1. The Labute approximate surface area is 161 Å². The molecule has 28 heavy (non-hydrogen) atoms. The zero-order valence-corrected chi connectivity index (χ0v) is 16.1. The zero-order chi connectivity index (χ0) is 20.4. The fourth-order valence-corrected chi connectivity index (χ4v) is 3.17. The van der Waals surface area contributed by atoms with Gasteiger partial charge in [-0.05, 0) is 42.3 Å². The second-order valence-electron chi connectivity index (χ2n) is 6.51. The van der Waals surface area contributed by atoms with Crippen LogP contribution in [-0.2, 0) is 13.1 Å². The predicted molar refractivity (Wildman–Crippen MR) is 108 cm³/mol. The van der Waals surface area contributed by atoms with Crippen LogP contribution in [0.2, 0.25) is 0 Å². The van der Waals surface area contributed by atoms with Crippen LogP contribution in [0.5, 0.6) is 5.75 Å². The van der Waals surface area contributed by atoms with Crippen molar-refractivity contribution in [3.05, 3.63) is 80.6 Å². The van der Waals surface area contributed by atoms with Crippen LogP contribution in [0.4, 0.5) is 4.39 Å². The normalized spacial score (nSPS) is 10.9. The first-order chi connectivity index (χ1) is 13.3. The van der Waals surface area contributed by atoms with E-state index in [1.807, 2.05) is 24.9 Å². The summed E-state index contributed by atoms with van der Waals surface area (Å²) in [6.07, 6.45) is 0. The molecule has 0 radical (unpaired) electrons. The van der Waals surface area contributed by atoms with Crippen LogP contribution in [0, 0.1) is 5.82 Å². The number of aryl methyl sites for hydroxylation is 1. The minimum Gasteiger partial charge on any atom is -0.494 e. The first-order valence-corrected chi connectivity index (χ1v) is 8.85. The van der Waals surface area contributed by atoms with E-state index in [9.17, 15) is 14.0 Å². The molecule has 3 rings (SSSR count). The summed E-state index contributed by atoms with van der Waals surface area (Å²) in [5.74, 6) is -0.217. The van der Waals surface area contributed by atoms with Gasteiger partial charge in [-0.1, -0.05) is 18.7 Å². The molecule has 0 spiro atoms. The van der Waals surface area contributed by atoms with Crippen molar-refractivity contribution < 1.29 is 9.13 Å². The Morgan fingerprint density at radius 1 is 1.25 bits per heavy atom. The molecular formula is C21H22FN3O3. The van der Waals surface area contributed by atoms with Gasteiger partial charge in [-0.2, -0.15) is 0 Å². The van der Waals surface area contributed by atoms with Crippen molar-refractivity contribution in [1.82, 2.24) is 14.5 Å². The third-order valence-electron chi connectivity index (χ3n) is 4.72. The highest BCUT2D eigenvalue weighted by Crippen LogP contribution is 2.23. The molecule has 2 aromatic carbocycles. The average molecular weight is 383 g/mol. The molecule has 0 saturated heterocycles. The SMILES string of the molecule is C=C(c1ccc2c(c1)[nH]c(=O)c(=O)n2CC)N(C)Cc1ccc(OC)c(F)c1. The third-order valence-corrected chi connectivity index (χ3v) is 4.72. The van der Waals surface area contributed by atoms with Crippen LogP contribution in [0.25, 0.3) is 16.7 Å². The number of methoxy groups -OCH3 is 1. The van der Waals surface area contributed by atoms with Crippen molar-refractivity contribution in [2.24, 2.45) is 0 Å². The quantitative estimate of drug-likeness (QED) is 0.665. The molecule has 1 aromatic heterocycles. The fourth-order valence-electron chi connectivity index (χ4n) is 3.17. The number of halogens is 1. The van der Waals surface area contributed by atoms with Gasteiger partial charge >= 0.3 is 11.1 Å². The molecule has 146 valence electrons. The number of nitrogens with one attached hydrogen (secondary N) is 1. The first kappa shape index (κ1) is 19.4. The minimum atomic E-state index is -0.654. The monoisotopic (exact) mass is 383 g/mol. The molecular weight excluding hydrogens is 361 g/mol. The largest absolute Gasteiger partial charge is 0.494 e. The highest BCUT2D eigenvalue weighted by molar-refractivity contribution is 5.79. The Morgan fingerprint density at radius 2 is 2.00 bits per heavy atom. The van der Waals surface area contributed by atoms with E-state index in [0.29, 0.717) is 29.8 Å². The van der Waals surface area contributed by atoms with E-state index in [-0.39, 0.29) is 5.75 Å². The number of benzene rings is 2. The van der Waals surface area contributed by atoms with E-state index in [1.54, 1.807) is 24.3 Å². The number of nitrogens with zero attached hydrogens (tertiary/aromatic N) is 2. The minimum absolute atomic E-state index is 0.200. The summed E-state index contributed by atoms with van der Waals surface area (Å²) < 4.78 is 20.3. The van der Waals surface area contributed by atoms with Crippen LogP contribution < -0.4 is 15.9 Å². The van der Waals surface area contributed by atoms with Crippen molar-refractivity contribution in [1.29, 1.82) is 0 Å². The number of ether oxygens (including phenoxy) is 1. The summed E-state index contributed by atoms with van der Waals surface area (Å²) in [4.78, 5) is 28.4. The van der Waals surface area contributed by atoms with E-state index in [2.05, 4.69) is 11.6 Å². The van der Waals surface area contributed by atoms with Gasteiger partial charge in [-0.3, -0.25) is 9.59 Å². The predicted octanol–water partition coefficient (Wildman–Crippen LogP) is 2.96. The lowest BCUT2D eigenvalue weighted by molar-refractivity contribution is 0.385. The lowest BCUT2D eigenvalue weighted by Crippen LogP contribution is -2.36. The van der Waals surface area contributed by atoms with E-state index < -0.39 is 16.9 Å². The molecule has 0 aliphatic carbocycles. The topological polar surface area (TPSA) is 67.3 Å². The number of fused-ring (bicyclic) bond motifs is 1. The van der Waals surface area contributed by atoms with Crippen molar-refractivity contribution >= 4 is 16.7 Å². The smallest absolute Gasteiger partial charge is 0.316 e. The molecule has 1 N–H and O–H groups in total. The maximum absolute atomic E-state index is 13.9. The van der Waals surface area contributed by atoms with Crippen molar-refractivity contribution in [2.45, 2.75) is 20.0 Å². The molecule has 0 atom stereocenters. The standard InChI is InChI=1S/C21H22FN3O3/c1-5-25-18-8-7-15(11-17(18)23-20(26)21(25)27)13(2)24(3)12-14-6-9-19(28-4)16(22)10-14/h6-11H,2,5,12H2,1,3-4H3,(H,23,26). The van der Waals surface area contributed by atoms with E-state index >= 15 is 0 Å². The van der Waals surface area contributed by atoms with Gasteiger partial charge in [0.15, 0.2) is 11.6 Å². The van der Waals surface area contributed by atoms with Crippen LogP contribution in [0.3, 0.4) is 0 Å². The molecule has 0 aliphatic rings. The van der Waals surface area contributed by atoms with Gasteiger partial charge in [0.05, 0.1) is 18.1 Å². The van der Waals surface area contributed by atoms with Gasteiger partial charge in [-0.15, -0.1) is 0 Å². The molecule has 0 saturated carbocycles. The van der Waals surface area contributed by atoms with Crippen LogP contribution in [0.15, 0.2) is 52.6 Å². The Balaban J connectivity index is 1.90. The number of hydrogen-bond acceptors (Lipinski definition) is 4. The molecule has 3 aromatic rings. The van der Waals surface area contributed by atoms with E-state index in [1.165, 1.54) is 17.7 Å². The van der Waals surface area contributed by atoms with E-state index in [4.69, 9.17) is 4.74 Å². The first-order valence-electron chi connectivity index (χ1n) is 8.85. The molecule has 0 amide bonds. The number of H-pyrrole nitrogens is 1.